The number of aliphatic hydroxyl groups excluding tert-OH is 4. The minimum atomic E-state index is -1.44. The highest BCUT2D eigenvalue weighted by Crippen LogP contribution is 2.45. The molecule has 1 saturated heterocycles. The third kappa shape index (κ3) is 3.74. The number of benzene rings is 1. The lowest BCUT2D eigenvalue weighted by atomic mass is 9.87. The molecule has 3 heterocycles. The van der Waals surface area contributed by atoms with Crippen LogP contribution in [0.25, 0.3) is 0 Å². The molecule has 0 amide bonds. The second-order valence-electron chi connectivity index (χ2n) is 7.20. The van der Waals surface area contributed by atoms with Crippen LogP contribution in [0.4, 0.5) is 0 Å². The van der Waals surface area contributed by atoms with Gasteiger partial charge < -0.3 is 34.6 Å². The van der Waals surface area contributed by atoms with Gasteiger partial charge in [0.25, 0.3) is 0 Å². The lowest BCUT2D eigenvalue weighted by molar-refractivity contribution is -0.231. The second-order valence-corrected chi connectivity index (χ2v) is 8.71. The molecule has 1 aromatic heterocycles. The third-order valence-electron chi connectivity index (χ3n) is 5.43. The van der Waals surface area contributed by atoms with Crippen molar-refractivity contribution in [3.05, 3.63) is 44.8 Å². The van der Waals surface area contributed by atoms with Crippen LogP contribution in [0.1, 0.15) is 27.7 Å². The zero-order valence-electron chi connectivity index (χ0n) is 15.7. The molecule has 0 aliphatic carbocycles. The van der Waals surface area contributed by atoms with E-state index in [2.05, 4.69) is 0 Å². The van der Waals surface area contributed by atoms with Crippen LogP contribution < -0.4 is 9.47 Å². The molecule has 0 spiro atoms. The summed E-state index contributed by atoms with van der Waals surface area (Å²) in [5.74, 6) is 0.555. The van der Waals surface area contributed by atoms with E-state index in [-0.39, 0.29) is 0 Å². The topological polar surface area (TPSA) is 109 Å². The van der Waals surface area contributed by atoms with Gasteiger partial charge in [-0.15, -0.1) is 11.3 Å². The maximum atomic E-state index is 10.6. The number of rotatable bonds is 5. The molecule has 0 bridgehead atoms. The molecule has 0 radical (unpaired) electrons. The average Bonchev–Trinajstić information content (AvgIpc) is 3.39. The molecule has 1 fully saturated rings. The fourth-order valence-corrected chi connectivity index (χ4v) is 5.03. The van der Waals surface area contributed by atoms with E-state index in [1.165, 1.54) is 11.3 Å². The van der Waals surface area contributed by atoms with E-state index in [1.807, 2.05) is 18.2 Å². The summed E-state index contributed by atoms with van der Waals surface area (Å²) in [5.41, 5.74) is 2.26. The summed E-state index contributed by atoms with van der Waals surface area (Å²) in [5, 5.41) is 41.7. The SMILES string of the molecule is COc1ccc(Cc2cc([C@@H]3O[C@H](CO)[C@@H](O)[C@H](O)[C@H]3O)c3c(c2Cl)OCC3)s1. The van der Waals surface area contributed by atoms with Crippen LogP contribution in [-0.4, -0.2) is 65.2 Å². The molecule has 7 nitrogen and oxygen atoms in total. The zero-order valence-corrected chi connectivity index (χ0v) is 17.3. The van der Waals surface area contributed by atoms with Gasteiger partial charge in [0.05, 0.1) is 25.3 Å². The smallest absolute Gasteiger partial charge is 0.173 e. The monoisotopic (exact) mass is 442 g/mol. The first kappa shape index (κ1) is 20.9. The fraction of sp³-hybridized carbons (Fsp3) is 0.500. The van der Waals surface area contributed by atoms with Crippen LogP contribution in [0.3, 0.4) is 0 Å². The molecule has 29 heavy (non-hydrogen) atoms. The summed E-state index contributed by atoms with van der Waals surface area (Å²) in [7, 11) is 1.61. The highest BCUT2D eigenvalue weighted by molar-refractivity contribution is 7.13. The number of thiophene rings is 1. The Morgan fingerprint density at radius 1 is 1.21 bits per heavy atom. The van der Waals surface area contributed by atoms with Crippen molar-refractivity contribution >= 4 is 22.9 Å². The Hall–Kier alpha value is -1.39. The van der Waals surface area contributed by atoms with E-state index in [1.54, 1.807) is 7.11 Å². The maximum Gasteiger partial charge on any atom is 0.173 e. The quantitative estimate of drug-likeness (QED) is 0.555. The molecule has 4 N–H and O–H groups in total. The predicted molar refractivity (Wildman–Crippen MR) is 107 cm³/mol. The summed E-state index contributed by atoms with van der Waals surface area (Å²) >= 11 is 8.12. The zero-order chi connectivity index (χ0) is 20.7. The number of aliphatic hydroxyl groups is 4. The Kier molecular flexibility index (Phi) is 6.04. The Bertz CT molecular complexity index is 884. The van der Waals surface area contributed by atoms with Gasteiger partial charge in [0.2, 0.25) is 0 Å². The van der Waals surface area contributed by atoms with Crippen molar-refractivity contribution in [3.63, 3.8) is 0 Å². The molecule has 0 saturated carbocycles. The minimum Gasteiger partial charge on any atom is -0.491 e. The molecular formula is C20H23ClO7S. The summed E-state index contributed by atoms with van der Waals surface area (Å²) in [4.78, 5) is 1.04. The van der Waals surface area contributed by atoms with Gasteiger partial charge in [-0.3, -0.25) is 0 Å². The van der Waals surface area contributed by atoms with Gasteiger partial charge in [0.1, 0.15) is 36.3 Å². The standard InChI is InChI=1S/C20H23ClO7S/c1-26-14-3-2-10(29-14)6-9-7-12(11-4-5-27-19(11)15(9)21)20-18(25)17(24)16(23)13(8-22)28-20/h2-3,7,13,16-18,20,22-25H,4-6,8H2,1H3/t13-,16-,17+,18-,20+/m1/s1. The number of hydrogen-bond donors (Lipinski definition) is 4. The Morgan fingerprint density at radius 3 is 2.69 bits per heavy atom. The molecule has 4 rings (SSSR count). The van der Waals surface area contributed by atoms with Crippen molar-refractivity contribution in [1.82, 2.24) is 0 Å². The molecule has 2 aliphatic heterocycles. The summed E-state index contributed by atoms with van der Waals surface area (Å²) < 4.78 is 16.8. The number of ether oxygens (including phenoxy) is 3. The van der Waals surface area contributed by atoms with Crippen LogP contribution >= 0.6 is 22.9 Å². The van der Waals surface area contributed by atoms with E-state index in [9.17, 15) is 20.4 Å². The Labute approximate surface area is 177 Å². The minimum absolute atomic E-state index is 0.454. The Balaban J connectivity index is 1.74. The predicted octanol–water partition coefficient (Wildman–Crippen LogP) is 1.45. The van der Waals surface area contributed by atoms with Crippen molar-refractivity contribution < 1.29 is 34.6 Å². The number of fused-ring (bicyclic) bond motifs is 1. The van der Waals surface area contributed by atoms with Crippen LogP contribution in [0, 0.1) is 0 Å². The van der Waals surface area contributed by atoms with Crippen molar-refractivity contribution in [2.75, 3.05) is 20.3 Å². The van der Waals surface area contributed by atoms with Gasteiger partial charge in [0, 0.05) is 23.3 Å². The third-order valence-corrected chi connectivity index (χ3v) is 6.89. The second kappa shape index (κ2) is 8.39. The largest absolute Gasteiger partial charge is 0.491 e. The Morgan fingerprint density at radius 2 is 2.00 bits per heavy atom. The van der Waals surface area contributed by atoms with Crippen LogP contribution in [0.15, 0.2) is 18.2 Å². The van der Waals surface area contributed by atoms with E-state index < -0.39 is 37.1 Å². The fourth-order valence-electron chi connectivity index (χ4n) is 3.90. The summed E-state index contributed by atoms with van der Waals surface area (Å²) in [6.07, 6.45) is -4.97. The lowest BCUT2D eigenvalue weighted by Crippen LogP contribution is -2.55. The van der Waals surface area contributed by atoms with E-state index in [0.29, 0.717) is 35.8 Å². The average molecular weight is 443 g/mol. The molecule has 2 aromatic rings. The molecule has 5 atom stereocenters. The van der Waals surface area contributed by atoms with E-state index >= 15 is 0 Å². The van der Waals surface area contributed by atoms with Crippen molar-refractivity contribution in [1.29, 1.82) is 0 Å². The molecular weight excluding hydrogens is 420 g/mol. The van der Waals surface area contributed by atoms with Crippen molar-refractivity contribution in [2.24, 2.45) is 0 Å². The van der Waals surface area contributed by atoms with Gasteiger partial charge >= 0.3 is 0 Å². The van der Waals surface area contributed by atoms with Gasteiger partial charge in [-0.2, -0.15) is 0 Å². The first-order valence-corrected chi connectivity index (χ1v) is 10.5. The van der Waals surface area contributed by atoms with E-state index in [0.717, 1.165) is 21.1 Å². The molecule has 158 valence electrons. The maximum absolute atomic E-state index is 10.6. The molecule has 2 aliphatic rings. The van der Waals surface area contributed by atoms with Crippen molar-refractivity contribution in [3.8, 4) is 10.8 Å². The van der Waals surface area contributed by atoms with Gasteiger partial charge in [-0.1, -0.05) is 17.7 Å². The van der Waals surface area contributed by atoms with Crippen molar-refractivity contribution in [2.45, 2.75) is 43.4 Å². The molecule has 9 heteroatoms. The molecule has 1 aromatic carbocycles. The highest BCUT2D eigenvalue weighted by atomic mass is 35.5. The highest BCUT2D eigenvalue weighted by Gasteiger charge is 2.45. The van der Waals surface area contributed by atoms with Gasteiger partial charge in [-0.05, 0) is 23.3 Å². The number of halogens is 1. The first-order chi connectivity index (χ1) is 13.9. The number of methoxy groups -OCH3 is 1. The summed E-state index contributed by atoms with van der Waals surface area (Å²) in [6.45, 7) is -0.0225. The van der Waals surface area contributed by atoms with Crippen LogP contribution in [0.2, 0.25) is 5.02 Å². The molecule has 0 unspecified atom stereocenters. The summed E-state index contributed by atoms with van der Waals surface area (Å²) in [6, 6.07) is 5.70. The van der Waals surface area contributed by atoms with Crippen LogP contribution in [-0.2, 0) is 17.6 Å². The number of hydrogen-bond acceptors (Lipinski definition) is 8. The lowest BCUT2D eigenvalue weighted by Gasteiger charge is -2.40. The van der Waals surface area contributed by atoms with Gasteiger partial charge in [-0.25, -0.2) is 0 Å². The first-order valence-electron chi connectivity index (χ1n) is 9.34. The van der Waals surface area contributed by atoms with Crippen LogP contribution in [0.5, 0.6) is 10.8 Å². The van der Waals surface area contributed by atoms with Gasteiger partial charge in [0.15, 0.2) is 5.06 Å². The normalized spacial score (nSPS) is 28.8. The van der Waals surface area contributed by atoms with E-state index in [4.69, 9.17) is 25.8 Å².